The largest absolute Gasteiger partial charge is 0.454 e. The van der Waals surface area contributed by atoms with E-state index in [4.69, 9.17) is 14.2 Å². The molecule has 0 atom stereocenters. The van der Waals surface area contributed by atoms with E-state index >= 15 is 0 Å². The van der Waals surface area contributed by atoms with E-state index in [2.05, 4.69) is 22.5 Å². The Hall–Kier alpha value is -3.32. The standard InChI is InChI=1S/C23H23N3O4/c27-23(25-18-6-10-28-11-7-18)20-13-17(14-21-22(20)30-15-29-21)12-16-2-4-19(5-3-16)26-9-1-8-24-26/h1-5,8-9,13-14,18H,6-7,10-12,15H2,(H,25,27). The maximum Gasteiger partial charge on any atom is 0.255 e. The Bertz CT molecular complexity index is 1030. The molecule has 0 unspecified atom stereocenters. The number of carbonyl (C=O) groups is 1. The zero-order chi connectivity index (χ0) is 20.3. The molecule has 2 aliphatic rings. The Kier molecular flexibility index (Phi) is 5.11. The van der Waals surface area contributed by atoms with E-state index in [1.54, 1.807) is 6.20 Å². The monoisotopic (exact) mass is 405 g/mol. The summed E-state index contributed by atoms with van der Waals surface area (Å²) >= 11 is 0. The van der Waals surface area contributed by atoms with E-state index in [0.29, 0.717) is 36.7 Å². The van der Waals surface area contributed by atoms with Crippen LogP contribution in [0.1, 0.15) is 34.3 Å². The summed E-state index contributed by atoms with van der Waals surface area (Å²) in [5.74, 6) is 1.02. The maximum absolute atomic E-state index is 13.0. The third-order valence-corrected chi connectivity index (χ3v) is 5.45. The van der Waals surface area contributed by atoms with Gasteiger partial charge in [0.15, 0.2) is 11.5 Å². The minimum Gasteiger partial charge on any atom is -0.454 e. The number of rotatable bonds is 5. The SMILES string of the molecule is O=C(NC1CCOCC1)c1cc(Cc2ccc(-n3cccn3)cc2)cc2c1OCO2. The number of amides is 1. The van der Waals surface area contributed by atoms with Crippen molar-refractivity contribution in [1.29, 1.82) is 0 Å². The van der Waals surface area contributed by atoms with Crippen molar-refractivity contribution >= 4 is 5.91 Å². The molecule has 2 aliphatic heterocycles. The first-order valence-electron chi connectivity index (χ1n) is 10.2. The molecule has 1 amide bonds. The van der Waals surface area contributed by atoms with Gasteiger partial charge in [0.1, 0.15) is 0 Å². The second-order valence-corrected chi connectivity index (χ2v) is 7.53. The van der Waals surface area contributed by atoms with E-state index in [-0.39, 0.29) is 18.7 Å². The quantitative estimate of drug-likeness (QED) is 0.706. The van der Waals surface area contributed by atoms with Crippen molar-refractivity contribution in [1.82, 2.24) is 15.1 Å². The smallest absolute Gasteiger partial charge is 0.255 e. The third kappa shape index (κ3) is 3.89. The highest BCUT2D eigenvalue weighted by Crippen LogP contribution is 2.37. The molecule has 3 aromatic rings. The zero-order valence-corrected chi connectivity index (χ0v) is 16.5. The fraction of sp³-hybridized carbons (Fsp3) is 0.304. The summed E-state index contributed by atoms with van der Waals surface area (Å²) in [6.45, 7) is 1.49. The topological polar surface area (TPSA) is 74.6 Å². The number of carbonyl (C=O) groups excluding carboxylic acids is 1. The van der Waals surface area contributed by atoms with Crippen molar-refractivity contribution in [3.8, 4) is 17.2 Å². The number of nitrogens with zero attached hydrogens (tertiary/aromatic N) is 2. The predicted molar refractivity (Wildman–Crippen MR) is 110 cm³/mol. The van der Waals surface area contributed by atoms with Gasteiger partial charge in [-0.25, -0.2) is 4.68 Å². The second kappa shape index (κ2) is 8.20. The Morgan fingerprint density at radius 1 is 1.10 bits per heavy atom. The number of benzene rings is 2. The van der Waals surface area contributed by atoms with Crippen LogP contribution in [0, 0.1) is 0 Å². The van der Waals surface area contributed by atoms with Gasteiger partial charge in [-0.15, -0.1) is 0 Å². The summed E-state index contributed by atoms with van der Waals surface area (Å²) in [6.07, 6.45) is 6.01. The number of fused-ring (bicyclic) bond motifs is 1. The lowest BCUT2D eigenvalue weighted by Gasteiger charge is -2.23. The van der Waals surface area contributed by atoms with Gasteiger partial charge in [-0.1, -0.05) is 12.1 Å². The van der Waals surface area contributed by atoms with E-state index in [1.807, 2.05) is 41.2 Å². The van der Waals surface area contributed by atoms with Crippen LogP contribution < -0.4 is 14.8 Å². The molecular formula is C23H23N3O4. The molecule has 30 heavy (non-hydrogen) atoms. The van der Waals surface area contributed by atoms with E-state index in [9.17, 15) is 4.79 Å². The number of aromatic nitrogens is 2. The summed E-state index contributed by atoms with van der Waals surface area (Å²) in [7, 11) is 0. The molecule has 1 fully saturated rings. The van der Waals surface area contributed by atoms with Crippen molar-refractivity contribution in [2.24, 2.45) is 0 Å². The lowest BCUT2D eigenvalue weighted by Crippen LogP contribution is -2.39. The van der Waals surface area contributed by atoms with Crippen LogP contribution in [-0.4, -0.2) is 41.7 Å². The number of hydrogen-bond acceptors (Lipinski definition) is 5. The Balaban J connectivity index is 1.36. The predicted octanol–water partition coefficient (Wildman–Crippen LogP) is 3.10. The third-order valence-electron chi connectivity index (χ3n) is 5.45. The molecule has 1 aromatic heterocycles. The van der Waals surface area contributed by atoms with Crippen LogP contribution in [0.3, 0.4) is 0 Å². The fourth-order valence-electron chi connectivity index (χ4n) is 3.87. The minimum atomic E-state index is -0.125. The molecule has 0 aliphatic carbocycles. The summed E-state index contributed by atoms with van der Waals surface area (Å²) in [6, 6.07) is 14.1. The van der Waals surface area contributed by atoms with Crippen molar-refractivity contribution in [3.63, 3.8) is 0 Å². The van der Waals surface area contributed by atoms with Gasteiger partial charge in [-0.05, 0) is 60.7 Å². The van der Waals surface area contributed by atoms with Gasteiger partial charge >= 0.3 is 0 Å². The van der Waals surface area contributed by atoms with Crippen LogP contribution >= 0.6 is 0 Å². The van der Waals surface area contributed by atoms with Crippen molar-refractivity contribution < 1.29 is 19.0 Å². The van der Waals surface area contributed by atoms with Gasteiger partial charge in [0.25, 0.3) is 5.91 Å². The van der Waals surface area contributed by atoms with Crippen molar-refractivity contribution in [3.05, 3.63) is 71.5 Å². The van der Waals surface area contributed by atoms with Gasteiger partial charge in [0, 0.05) is 31.6 Å². The highest BCUT2D eigenvalue weighted by molar-refractivity contribution is 5.98. The summed E-state index contributed by atoms with van der Waals surface area (Å²) in [4.78, 5) is 13.0. The van der Waals surface area contributed by atoms with Crippen LogP contribution in [0.2, 0.25) is 0 Å². The molecule has 7 nitrogen and oxygen atoms in total. The molecule has 0 radical (unpaired) electrons. The molecule has 1 N–H and O–H groups in total. The fourth-order valence-corrected chi connectivity index (χ4v) is 3.87. The lowest BCUT2D eigenvalue weighted by atomic mass is 10.0. The summed E-state index contributed by atoms with van der Waals surface area (Å²) in [5.41, 5.74) is 3.68. The maximum atomic E-state index is 13.0. The van der Waals surface area contributed by atoms with Gasteiger partial charge in [-0.2, -0.15) is 5.10 Å². The minimum absolute atomic E-state index is 0.125. The van der Waals surface area contributed by atoms with Crippen molar-refractivity contribution in [2.75, 3.05) is 20.0 Å². The molecule has 3 heterocycles. The van der Waals surface area contributed by atoms with Crippen molar-refractivity contribution in [2.45, 2.75) is 25.3 Å². The molecule has 0 bridgehead atoms. The van der Waals surface area contributed by atoms with Gasteiger partial charge in [-0.3, -0.25) is 4.79 Å². The molecule has 2 aromatic carbocycles. The summed E-state index contributed by atoms with van der Waals surface area (Å²) in [5, 5.41) is 7.37. The molecule has 0 saturated carbocycles. The van der Waals surface area contributed by atoms with Crippen LogP contribution in [-0.2, 0) is 11.2 Å². The Labute approximate surface area is 174 Å². The van der Waals surface area contributed by atoms with E-state index in [0.717, 1.165) is 29.7 Å². The molecule has 5 rings (SSSR count). The molecule has 1 saturated heterocycles. The zero-order valence-electron chi connectivity index (χ0n) is 16.5. The Morgan fingerprint density at radius 3 is 2.70 bits per heavy atom. The highest BCUT2D eigenvalue weighted by atomic mass is 16.7. The number of ether oxygens (including phenoxy) is 3. The van der Waals surface area contributed by atoms with E-state index in [1.165, 1.54) is 0 Å². The average Bonchev–Trinajstić information content (AvgIpc) is 3.47. The van der Waals surface area contributed by atoms with E-state index < -0.39 is 0 Å². The molecular weight excluding hydrogens is 382 g/mol. The second-order valence-electron chi connectivity index (χ2n) is 7.53. The number of hydrogen-bond donors (Lipinski definition) is 1. The highest BCUT2D eigenvalue weighted by Gasteiger charge is 2.25. The van der Waals surface area contributed by atoms with Gasteiger partial charge in [0.2, 0.25) is 6.79 Å². The molecule has 0 spiro atoms. The average molecular weight is 405 g/mol. The molecule has 7 heteroatoms. The normalized spacial score (nSPS) is 15.9. The Morgan fingerprint density at radius 2 is 1.93 bits per heavy atom. The first-order valence-corrected chi connectivity index (χ1v) is 10.2. The van der Waals surface area contributed by atoms with Crippen LogP contribution in [0.4, 0.5) is 0 Å². The molecule has 154 valence electrons. The van der Waals surface area contributed by atoms with Gasteiger partial charge < -0.3 is 19.5 Å². The van der Waals surface area contributed by atoms with Crippen LogP contribution in [0.15, 0.2) is 54.9 Å². The van der Waals surface area contributed by atoms with Crippen LogP contribution in [0.25, 0.3) is 5.69 Å². The lowest BCUT2D eigenvalue weighted by molar-refractivity contribution is 0.0695. The van der Waals surface area contributed by atoms with Gasteiger partial charge in [0.05, 0.1) is 11.3 Å². The van der Waals surface area contributed by atoms with Crippen LogP contribution in [0.5, 0.6) is 11.5 Å². The first kappa shape index (κ1) is 18.7. The first-order chi connectivity index (χ1) is 14.8. The summed E-state index contributed by atoms with van der Waals surface area (Å²) < 4.78 is 18.4. The number of nitrogens with one attached hydrogen (secondary N) is 1.